The van der Waals surface area contributed by atoms with Gasteiger partial charge in [-0.05, 0) is 18.1 Å². The summed E-state index contributed by atoms with van der Waals surface area (Å²) in [7, 11) is 0. The molecular formula is C10H9NOS. The van der Waals surface area contributed by atoms with Gasteiger partial charge < -0.3 is 4.98 Å². The molecule has 2 rings (SSSR count). The van der Waals surface area contributed by atoms with Crippen LogP contribution in [0.1, 0.15) is 5.56 Å². The molecule has 0 radical (unpaired) electrons. The molecule has 1 aromatic carbocycles. The molecule has 0 atom stereocenters. The highest BCUT2D eigenvalue weighted by Gasteiger charge is 2.02. The monoisotopic (exact) mass is 191 g/mol. The van der Waals surface area contributed by atoms with Gasteiger partial charge in [-0.3, -0.25) is 4.79 Å². The second-order valence-electron chi connectivity index (χ2n) is 2.86. The van der Waals surface area contributed by atoms with Crippen molar-refractivity contribution in [3.8, 4) is 10.4 Å². The molecule has 2 aromatic rings. The van der Waals surface area contributed by atoms with Crippen molar-refractivity contribution >= 4 is 11.3 Å². The molecule has 1 heterocycles. The number of aromatic nitrogens is 1. The molecule has 66 valence electrons. The van der Waals surface area contributed by atoms with Gasteiger partial charge in [0.2, 0.25) is 0 Å². The van der Waals surface area contributed by atoms with E-state index in [1.807, 2.05) is 31.2 Å². The lowest BCUT2D eigenvalue weighted by Crippen LogP contribution is -1.88. The van der Waals surface area contributed by atoms with E-state index in [1.165, 1.54) is 16.9 Å². The van der Waals surface area contributed by atoms with Gasteiger partial charge in [0.15, 0.2) is 0 Å². The third-order valence-corrected chi connectivity index (χ3v) is 2.80. The van der Waals surface area contributed by atoms with Crippen LogP contribution >= 0.6 is 11.3 Å². The zero-order chi connectivity index (χ0) is 9.26. The average molecular weight is 191 g/mol. The molecule has 0 aliphatic carbocycles. The van der Waals surface area contributed by atoms with E-state index in [2.05, 4.69) is 4.98 Å². The van der Waals surface area contributed by atoms with Crippen LogP contribution in [0.4, 0.5) is 0 Å². The summed E-state index contributed by atoms with van der Waals surface area (Å²) in [6.45, 7) is 2.04. The molecule has 1 aromatic heterocycles. The molecular weight excluding hydrogens is 182 g/mol. The van der Waals surface area contributed by atoms with Crippen molar-refractivity contribution in [3.05, 3.63) is 45.7 Å². The summed E-state index contributed by atoms with van der Waals surface area (Å²) in [5, 5.41) is 0. The van der Waals surface area contributed by atoms with E-state index in [0.717, 1.165) is 10.4 Å². The van der Waals surface area contributed by atoms with Crippen molar-refractivity contribution in [2.45, 2.75) is 6.92 Å². The Morgan fingerprint density at radius 3 is 2.69 bits per heavy atom. The highest BCUT2D eigenvalue weighted by molar-refractivity contribution is 7.12. The molecule has 3 heteroatoms. The smallest absolute Gasteiger partial charge is 0.305 e. The van der Waals surface area contributed by atoms with E-state index in [-0.39, 0.29) is 4.87 Å². The Labute approximate surface area is 79.9 Å². The Bertz CT molecular complexity index is 470. The van der Waals surface area contributed by atoms with Gasteiger partial charge in [0.25, 0.3) is 0 Å². The number of thiazole rings is 1. The third kappa shape index (κ3) is 1.55. The number of hydrogen-bond acceptors (Lipinski definition) is 2. The number of H-pyrrole nitrogens is 1. The fraction of sp³-hybridized carbons (Fsp3) is 0.100. The van der Waals surface area contributed by atoms with E-state index in [9.17, 15) is 4.79 Å². The minimum absolute atomic E-state index is 0.00162. The van der Waals surface area contributed by atoms with Crippen molar-refractivity contribution in [2.24, 2.45) is 0 Å². The summed E-state index contributed by atoms with van der Waals surface area (Å²) in [5.41, 5.74) is 2.32. The highest BCUT2D eigenvalue weighted by atomic mass is 32.1. The topological polar surface area (TPSA) is 32.9 Å². The number of aromatic amines is 1. The van der Waals surface area contributed by atoms with Crippen molar-refractivity contribution < 1.29 is 0 Å². The standard InChI is InChI=1S/C10H9NOS/c1-7-4-2-3-5-8(7)9-6-11-10(12)13-9/h2-6H,1H3,(H,11,12). The molecule has 1 N–H and O–H groups in total. The van der Waals surface area contributed by atoms with Gasteiger partial charge in [-0.25, -0.2) is 0 Å². The van der Waals surface area contributed by atoms with E-state index in [1.54, 1.807) is 6.20 Å². The molecule has 0 saturated heterocycles. The van der Waals surface area contributed by atoms with E-state index in [0.29, 0.717) is 0 Å². The first-order chi connectivity index (χ1) is 6.27. The summed E-state index contributed by atoms with van der Waals surface area (Å²) < 4.78 is 0. The number of rotatable bonds is 1. The van der Waals surface area contributed by atoms with Gasteiger partial charge in [0, 0.05) is 6.20 Å². The fourth-order valence-electron chi connectivity index (χ4n) is 1.27. The Balaban J connectivity index is 2.58. The Morgan fingerprint density at radius 1 is 1.31 bits per heavy atom. The van der Waals surface area contributed by atoms with Crippen LogP contribution in [0.2, 0.25) is 0 Å². The van der Waals surface area contributed by atoms with E-state index < -0.39 is 0 Å². The first-order valence-electron chi connectivity index (χ1n) is 4.02. The van der Waals surface area contributed by atoms with Crippen molar-refractivity contribution in [1.29, 1.82) is 0 Å². The van der Waals surface area contributed by atoms with Gasteiger partial charge in [-0.2, -0.15) is 0 Å². The molecule has 0 aliphatic heterocycles. The summed E-state index contributed by atoms with van der Waals surface area (Å²) in [6, 6.07) is 8.04. The van der Waals surface area contributed by atoms with Crippen LogP contribution in [0, 0.1) is 6.92 Å². The molecule has 0 saturated carbocycles. The van der Waals surface area contributed by atoms with Crippen molar-refractivity contribution in [2.75, 3.05) is 0 Å². The fourth-order valence-corrected chi connectivity index (χ4v) is 2.04. The van der Waals surface area contributed by atoms with Crippen LogP contribution < -0.4 is 4.87 Å². The summed E-state index contributed by atoms with van der Waals surface area (Å²) in [4.78, 5) is 14.6. The van der Waals surface area contributed by atoms with E-state index >= 15 is 0 Å². The maximum absolute atomic E-state index is 10.9. The van der Waals surface area contributed by atoms with Gasteiger partial charge in [-0.1, -0.05) is 35.6 Å². The van der Waals surface area contributed by atoms with Crippen LogP contribution in [0.25, 0.3) is 10.4 Å². The van der Waals surface area contributed by atoms with Gasteiger partial charge in [-0.15, -0.1) is 0 Å². The number of aryl methyl sites for hydroxylation is 1. The quantitative estimate of drug-likeness (QED) is 0.737. The lowest BCUT2D eigenvalue weighted by atomic mass is 10.1. The second-order valence-corrected chi connectivity index (χ2v) is 3.87. The van der Waals surface area contributed by atoms with Crippen molar-refractivity contribution in [3.63, 3.8) is 0 Å². The molecule has 0 spiro atoms. The van der Waals surface area contributed by atoms with Crippen LogP contribution in [0.3, 0.4) is 0 Å². The lowest BCUT2D eigenvalue weighted by Gasteiger charge is -1.99. The lowest BCUT2D eigenvalue weighted by molar-refractivity contribution is 1.34. The van der Waals surface area contributed by atoms with Crippen LogP contribution in [0.5, 0.6) is 0 Å². The summed E-state index contributed by atoms with van der Waals surface area (Å²) >= 11 is 1.24. The van der Waals surface area contributed by atoms with Gasteiger partial charge >= 0.3 is 4.87 Å². The first kappa shape index (κ1) is 8.26. The Kier molecular flexibility index (Phi) is 2.02. The maximum Gasteiger partial charge on any atom is 0.305 e. The SMILES string of the molecule is Cc1ccccc1-c1c[nH]c(=O)s1. The Hall–Kier alpha value is -1.35. The van der Waals surface area contributed by atoms with Crippen LogP contribution in [0.15, 0.2) is 35.3 Å². The molecule has 13 heavy (non-hydrogen) atoms. The maximum atomic E-state index is 10.9. The summed E-state index contributed by atoms with van der Waals surface area (Å²) in [5.74, 6) is 0. The van der Waals surface area contributed by atoms with Gasteiger partial charge in [0.05, 0.1) is 4.88 Å². The molecule has 0 bridgehead atoms. The molecule has 0 unspecified atom stereocenters. The second kappa shape index (κ2) is 3.18. The molecule has 2 nitrogen and oxygen atoms in total. The molecule has 0 fully saturated rings. The van der Waals surface area contributed by atoms with E-state index in [4.69, 9.17) is 0 Å². The zero-order valence-electron chi connectivity index (χ0n) is 7.20. The predicted octanol–water partition coefficient (Wildman–Crippen LogP) is 2.41. The van der Waals surface area contributed by atoms with Crippen LogP contribution in [-0.4, -0.2) is 4.98 Å². The first-order valence-corrected chi connectivity index (χ1v) is 4.83. The van der Waals surface area contributed by atoms with Crippen molar-refractivity contribution in [1.82, 2.24) is 4.98 Å². The van der Waals surface area contributed by atoms with Gasteiger partial charge in [0.1, 0.15) is 0 Å². The predicted molar refractivity (Wildman–Crippen MR) is 55.1 cm³/mol. The number of benzene rings is 1. The molecule has 0 aliphatic rings. The number of hydrogen-bond donors (Lipinski definition) is 1. The minimum Gasteiger partial charge on any atom is -0.319 e. The minimum atomic E-state index is -0.00162. The normalized spacial score (nSPS) is 10.2. The number of nitrogens with one attached hydrogen (secondary N) is 1. The Morgan fingerprint density at radius 2 is 2.08 bits per heavy atom. The zero-order valence-corrected chi connectivity index (χ0v) is 8.02. The average Bonchev–Trinajstić information content (AvgIpc) is 2.53. The largest absolute Gasteiger partial charge is 0.319 e. The van der Waals surface area contributed by atoms with Crippen LogP contribution in [-0.2, 0) is 0 Å². The highest BCUT2D eigenvalue weighted by Crippen LogP contribution is 2.23. The molecule has 0 amide bonds. The summed E-state index contributed by atoms with van der Waals surface area (Å²) in [6.07, 6.45) is 1.76. The third-order valence-electron chi connectivity index (χ3n) is 1.93.